The van der Waals surface area contributed by atoms with Gasteiger partial charge in [-0.1, -0.05) is 0 Å². The van der Waals surface area contributed by atoms with E-state index in [0.29, 0.717) is 24.3 Å². The first-order chi connectivity index (χ1) is 20.6. The smallest absolute Gasteiger partial charge is 0.407 e. The first kappa shape index (κ1) is 32.3. The van der Waals surface area contributed by atoms with E-state index in [1.807, 2.05) is 4.90 Å². The summed E-state index contributed by atoms with van der Waals surface area (Å²) < 4.78 is 58.3. The van der Waals surface area contributed by atoms with Crippen LogP contribution in [-0.2, 0) is 38.3 Å². The molecule has 44 heavy (non-hydrogen) atoms. The molecule has 3 aliphatic heterocycles. The van der Waals surface area contributed by atoms with Crippen LogP contribution in [0.15, 0.2) is 12.7 Å². The number of nitrogens with two attached hydrogens (primary N) is 1. The number of nitrogens with zero attached hydrogens (tertiary/aromatic N) is 5. The third kappa shape index (κ3) is 6.75. The molecule has 2 aromatic heterocycles. The number of methoxy groups -OCH3 is 1. The van der Waals surface area contributed by atoms with Crippen LogP contribution in [-0.4, -0.2) is 118 Å². The number of nitrogen functional groups attached to an aromatic ring is 1. The SMILES string of the molecule is COC(=O)C1CC(S(=O)(=O)C[C@H]2O[C@@H](n3cnc4c(N)ncnc43)[C@H]3OC(C)(C)OC23)CCN1CCNC(=O)OC(C)(C)C. The fourth-order valence-electron chi connectivity index (χ4n) is 6.01. The van der Waals surface area contributed by atoms with Crippen LogP contribution in [0, 0.1) is 0 Å². The van der Waals surface area contributed by atoms with Gasteiger partial charge in [-0.15, -0.1) is 0 Å². The zero-order valence-corrected chi connectivity index (χ0v) is 26.6. The van der Waals surface area contributed by atoms with E-state index in [-0.39, 0.29) is 31.0 Å². The molecular formula is C27H41N7O9S. The van der Waals surface area contributed by atoms with Gasteiger partial charge in [0.05, 0.1) is 24.4 Å². The second-order valence-corrected chi connectivity index (χ2v) is 15.0. The number of ether oxygens (including phenoxy) is 5. The number of esters is 1. The minimum Gasteiger partial charge on any atom is -0.468 e. The zero-order chi connectivity index (χ0) is 32.0. The Hall–Kier alpha value is -3.12. The second kappa shape index (κ2) is 12.0. The van der Waals surface area contributed by atoms with Crippen LogP contribution in [0.25, 0.3) is 11.2 Å². The van der Waals surface area contributed by atoms with Gasteiger partial charge < -0.3 is 34.7 Å². The number of amides is 1. The minimum atomic E-state index is -3.79. The molecule has 3 aliphatic rings. The van der Waals surface area contributed by atoms with Crippen molar-refractivity contribution in [2.45, 2.75) is 94.7 Å². The Balaban J connectivity index is 1.28. The van der Waals surface area contributed by atoms with Crippen LogP contribution < -0.4 is 11.1 Å². The molecule has 0 spiro atoms. The number of aromatic nitrogens is 4. The summed E-state index contributed by atoms with van der Waals surface area (Å²) in [6, 6.07) is -0.800. The summed E-state index contributed by atoms with van der Waals surface area (Å²) in [6.07, 6.45) is -0.370. The number of nitrogens with one attached hydrogen (secondary N) is 1. The summed E-state index contributed by atoms with van der Waals surface area (Å²) >= 11 is 0. The molecule has 3 saturated heterocycles. The monoisotopic (exact) mass is 639 g/mol. The number of hydrogen-bond acceptors (Lipinski definition) is 14. The van der Waals surface area contributed by atoms with Gasteiger partial charge >= 0.3 is 12.1 Å². The maximum Gasteiger partial charge on any atom is 0.407 e. The minimum absolute atomic E-state index is 0.0386. The van der Waals surface area contributed by atoms with Crippen LogP contribution >= 0.6 is 0 Å². The van der Waals surface area contributed by atoms with Crippen LogP contribution in [0.5, 0.6) is 0 Å². The Morgan fingerprint density at radius 1 is 1.18 bits per heavy atom. The number of piperidine rings is 1. The normalized spacial score (nSPS) is 29.0. The largest absolute Gasteiger partial charge is 0.468 e. The van der Waals surface area contributed by atoms with Crippen molar-refractivity contribution in [1.82, 2.24) is 29.7 Å². The van der Waals surface area contributed by atoms with Gasteiger partial charge in [-0.2, -0.15) is 0 Å². The highest BCUT2D eigenvalue weighted by Gasteiger charge is 2.57. The first-order valence-corrected chi connectivity index (χ1v) is 16.2. The van der Waals surface area contributed by atoms with Gasteiger partial charge in [0, 0.05) is 19.6 Å². The predicted octanol–water partition coefficient (Wildman–Crippen LogP) is 0.772. The van der Waals surface area contributed by atoms with Crippen LogP contribution in [0.4, 0.5) is 10.6 Å². The molecule has 3 fully saturated rings. The maximum atomic E-state index is 13.9. The Bertz CT molecular complexity index is 1490. The van der Waals surface area contributed by atoms with E-state index in [1.54, 1.807) is 39.2 Å². The number of alkyl carbamates (subject to hydrolysis) is 1. The van der Waals surface area contributed by atoms with E-state index < -0.39 is 69.1 Å². The molecule has 3 unspecified atom stereocenters. The summed E-state index contributed by atoms with van der Waals surface area (Å²) in [5.41, 5.74) is 6.13. The molecule has 1 amide bonds. The van der Waals surface area contributed by atoms with E-state index in [9.17, 15) is 18.0 Å². The van der Waals surface area contributed by atoms with Gasteiger partial charge in [-0.3, -0.25) is 14.3 Å². The van der Waals surface area contributed by atoms with E-state index in [0.717, 1.165) is 0 Å². The van der Waals surface area contributed by atoms with Crippen LogP contribution in [0.1, 0.15) is 53.7 Å². The van der Waals surface area contributed by atoms with Gasteiger partial charge in [0.25, 0.3) is 0 Å². The lowest BCUT2D eigenvalue weighted by molar-refractivity contribution is -0.193. The van der Waals surface area contributed by atoms with E-state index in [1.165, 1.54) is 19.8 Å². The molecule has 2 aromatic rings. The third-order valence-corrected chi connectivity index (χ3v) is 10.1. The standard InChI is InChI=1S/C27H41N7O9S/c1-26(2,3)43-25(36)29-8-10-33-9-7-15(11-16(33)24(35)39-6)44(37,38)12-17-19-20(42-27(4,5)41-19)23(40-17)34-14-32-18-21(28)30-13-31-22(18)34/h13-17,19-20,23H,7-12H2,1-6H3,(H,29,36)(H2,28,30,31)/t15?,16?,17-,19?,20+,23-/m1/s1. The number of imidazole rings is 1. The lowest BCUT2D eigenvalue weighted by Gasteiger charge is -2.37. The molecule has 0 aliphatic carbocycles. The lowest BCUT2D eigenvalue weighted by atomic mass is 10.0. The van der Waals surface area contributed by atoms with E-state index in [2.05, 4.69) is 20.3 Å². The average molecular weight is 640 g/mol. The van der Waals surface area contributed by atoms with Crippen LogP contribution in [0.3, 0.4) is 0 Å². The number of likely N-dealkylation sites (tertiary alicyclic amines) is 1. The molecule has 244 valence electrons. The molecule has 0 aromatic carbocycles. The molecule has 16 nitrogen and oxygen atoms in total. The molecule has 0 bridgehead atoms. The fourth-order valence-corrected chi connectivity index (χ4v) is 7.95. The molecule has 5 rings (SSSR count). The highest BCUT2D eigenvalue weighted by molar-refractivity contribution is 7.92. The quantitative estimate of drug-likeness (QED) is 0.384. The Morgan fingerprint density at radius 2 is 1.91 bits per heavy atom. The van der Waals surface area contributed by atoms with Gasteiger partial charge in [-0.25, -0.2) is 28.2 Å². The summed E-state index contributed by atoms with van der Waals surface area (Å²) in [6.45, 7) is 9.65. The van der Waals surface area contributed by atoms with Gasteiger partial charge in [0.15, 0.2) is 33.3 Å². The summed E-state index contributed by atoms with van der Waals surface area (Å²) in [7, 11) is -2.53. The molecule has 6 atom stereocenters. The summed E-state index contributed by atoms with van der Waals surface area (Å²) in [5, 5.41) is 1.85. The Kier molecular flexibility index (Phi) is 8.80. The van der Waals surface area contributed by atoms with Crippen molar-refractivity contribution in [3.05, 3.63) is 12.7 Å². The Labute approximate surface area is 255 Å². The van der Waals surface area contributed by atoms with Crippen molar-refractivity contribution in [1.29, 1.82) is 0 Å². The number of sulfone groups is 1. The van der Waals surface area contributed by atoms with Crippen molar-refractivity contribution in [2.75, 3.05) is 38.2 Å². The number of carbonyl (C=O) groups excluding carboxylic acids is 2. The first-order valence-electron chi connectivity index (χ1n) is 14.5. The van der Waals surface area contributed by atoms with Gasteiger partial charge in [0.1, 0.15) is 41.8 Å². The topological polar surface area (TPSA) is 199 Å². The van der Waals surface area contributed by atoms with Crippen molar-refractivity contribution < 1.29 is 41.7 Å². The number of anilines is 1. The Morgan fingerprint density at radius 3 is 2.61 bits per heavy atom. The number of carbonyl (C=O) groups is 2. The zero-order valence-electron chi connectivity index (χ0n) is 25.8. The number of rotatable bonds is 8. The van der Waals surface area contributed by atoms with Crippen LogP contribution in [0.2, 0.25) is 0 Å². The molecule has 17 heteroatoms. The molecule has 5 heterocycles. The summed E-state index contributed by atoms with van der Waals surface area (Å²) in [4.78, 5) is 39.2. The molecular weight excluding hydrogens is 598 g/mol. The predicted molar refractivity (Wildman–Crippen MR) is 156 cm³/mol. The average Bonchev–Trinajstić information content (AvgIpc) is 3.59. The number of fused-ring (bicyclic) bond motifs is 2. The fraction of sp³-hybridized carbons (Fsp3) is 0.741. The van der Waals surface area contributed by atoms with Gasteiger partial charge in [0.2, 0.25) is 0 Å². The molecule has 0 radical (unpaired) electrons. The van der Waals surface area contributed by atoms with Gasteiger partial charge in [-0.05, 0) is 47.5 Å². The highest BCUT2D eigenvalue weighted by atomic mass is 32.2. The van der Waals surface area contributed by atoms with Crippen molar-refractivity contribution in [3.8, 4) is 0 Å². The molecule has 3 N–H and O–H groups in total. The van der Waals surface area contributed by atoms with Crippen molar-refractivity contribution >= 4 is 38.9 Å². The third-order valence-electron chi connectivity index (χ3n) is 7.90. The van der Waals surface area contributed by atoms with Crippen molar-refractivity contribution in [3.63, 3.8) is 0 Å². The van der Waals surface area contributed by atoms with E-state index >= 15 is 0 Å². The second-order valence-electron chi connectivity index (χ2n) is 12.7. The number of hydrogen-bond donors (Lipinski definition) is 2. The summed E-state index contributed by atoms with van der Waals surface area (Å²) in [5.74, 6) is -1.65. The van der Waals surface area contributed by atoms with Crippen molar-refractivity contribution in [2.24, 2.45) is 0 Å². The molecule has 0 saturated carbocycles. The lowest BCUT2D eigenvalue weighted by Crippen LogP contribution is -2.53. The maximum absolute atomic E-state index is 13.9. The highest BCUT2D eigenvalue weighted by Crippen LogP contribution is 2.44. The van der Waals surface area contributed by atoms with E-state index in [4.69, 9.17) is 29.4 Å².